The van der Waals surface area contributed by atoms with E-state index in [1.807, 2.05) is 11.8 Å². The smallest absolute Gasteiger partial charge is 0.320 e. The Bertz CT molecular complexity index is 345. The molecule has 0 aliphatic carbocycles. The van der Waals surface area contributed by atoms with Crippen molar-refractivity contribution in [3.05, 3.63) is 0 Å². The molecule has 18 heavy (non-hydrogen) atoms. The van der Waals surface area contributed by atoms with Crippen LogP contribution in [0.25, 0.3) is 0 Å². The number of carbonyl (C=O) groups is 2. The van der Waals surface area contributed by atoms with E-state index in [1.54, 1.807) is 4.90 Å². The van der Waals surface area contributed by atoms with Crippen molar-refractivity contribution in [2.45, 2.75) is 51.6 Å². The molecule has 2 heterocycles. The third kappa shape index (κ3) is 2.31. The molecule has 102 valence electrons. The summed E-state index contributed by atoms with van der Waals surface area (Å²) in [5.41, 5.74) is 0. The second-order valence-electron chi connectivity index (χ2n) is 5.49. The number of carbonyl (C=O) groups excluding carboxylic acids is 1. The lowest BCUT2D eigenvalue weighted by molar-refractivity contribution is -0.142. The molecule has 2 saturated heterocycles. The summed E-state index contributed by atoms with van der Waals surface area (Å²) < 4.78 is 0. The molecule has 2 amide bonds. The quantitative estimate of drug-likeness (QED) is 0.776. The minimum Gasteiger partial charge on any atom is -0.481 e. The van der Waals surface area contributed by atoms with Crippen molar-refractivity contribution in [1.82, 2.24) is 9.80 Å². The van der Waals surface area contributed by atoms with Crippen molar-refractivity contribution in [3.63, 3.8) is 0 Å². The average Bonchev–Trinajstić information content (AvgIpc) is 2.71. The van der Waals surface area contributed by atoms with Gasteiger partial charge >= 0.3 is 12.0 Å². The van der Waals surface area contributed by atoms with E-state index in [9.17, 15) is 9.59 Å². The molecule has 0 bridgehead atoms. The first-order valence-corrected chi connectivity index (χ1v) is 6.82. The molecule has 2 rings (SSSR count). The number of carboxylic acids is 1. The van der Waals surface area contributed by atoms with Crippen molar-refractivity contribution >= 4 is 12.0 Å². The molecule has 0 aromatic rings. The second-order valence-corrected chi connectivity index (χ2v) is 5.49. The van der Waals surface area contributed by atoms with Crippen LogP contribution in [0.3, 0.4) is 0 Å². The predicted molar refractivity (Wildman–Crippen MR) is 67.3 cm³/mol. The molecule has 0 spiro atoms. The number of piperidine rings is 1. The minimum absolute atomic E-state index is 0.0263. The van der Waals surface area contributed by atoms with Crippen molar-refractivity contribution in [1.29, 1.82) is 0 Å². The average molecular weight is 254 g/mol. The highest BCUT2D eigenvalue weighted by atomic mass is 16.4. The highest BCUT2D eigenvalue weighted by Crippen LogP contribution is 2.27. The van der Waals surface area contributed by atoms with Crippen LogP contribution < -0.4 is 0 Å². The van der Waals surface area contributed by atoms with Crippen LogP contribution in [0.5, 0.6) is 0 Å². The van der Waals surface area contributed by atoms with Crippen LogP contribution in [0.1, 0.15) is 39.5 Å². The number of rotatable bonds is 1. The maximum Gasteiger partial charge on any atom is 0.320 e. The van der Waals surface area contributed by atoms with E-state index in [2.05, 4.69) is 6.92 Å². The van der Waals surface area contributed by atoms with Crippen molar-refractivity contribution in [2.75, 3.05) is 13.1 Å². The van der Waals surface area contributed by atoms with Gasteiger partial charge in [0.15, 0.2) is 0 Å². The van der Waals surface area contributed by atoms with Crippen LogP contribution >= 0.6 is 0 Å². The Kier molecular flexibility index (Phi) is 3.78. The predicted octanol–water partition coefficient (Wildman–Crippen LogP) is 1.78. The van der Waals surface area contributed by atoms with E-state index < -0.39 is 11.9 Å². The summed E-state index contributed by atoms with van der Waals surface area (Å²) in [6, 6.07) is 0.116. The fourth-order valence-electron chi connectivity index (χ4n) is 3.09. The molecule has 0 radical (unpaired) electrons. The van der Waals surface area contributed by atoms with Gasteiger partial charge in [0, 0.05) is 25.2 Å². The number of carboxylic acid groups (broad SMARTS) is 1. The SMILES string of the molecule is CC1CCCCN1C(=O)N1CCC(C(=O)O)C1C. The van der Waals surface area contributed by atoms with Gasteiger partial charge in [-0.05, 0) is 39.5 Å². The summed E-state index contributed by atoms with van der Waals surface area (Å²) in [7, 11) is 0. The number of likely N-dealkylation sites (tertiary alicyclic amines) is 2. The zero-order valence-electron chi connectivity index (χ0n) is 11.1. The van der Waals surface area contributed by atoms with Gasteiger partial charge < -0.3 is 14.9 Å². The maximum absolute atomic E-state index is 12.4. The van der Waals surface area contributed by atoms with E-state index in [0.717, 1.165) is 19.4 Å². The summed E-state index contributed by atoms with van der Waals surface area (Å²) in [6.07, 6.45) is 3.86. The molecule has 0 aromatic heterocycles. The van der Waals surface area contributed by atoms with E-state index in [0.29, 0.717) is 13.0 Å². The van der Waals surface area contributed by atoms with Gasteiger partial charge in [-0.25, -0.2) is 4.79 Å². The first-order valence-electron chi connectivity index (χ1n) is 6.82. The Hall–Kier alpha value is -1.26. The zero-order valence-corrected chi connectivity index (χ0v) is 11.1. The molecule has 1 N–H and O–H groups in total. The number of hydrogen-bond acceptors (Lipinski definition) is 2. The Balaban J connectivity index is 2.03. The molecule has 5 heteroatoms. The molecular weight excluding hydrogens is 232 g/mol. The van der Waals surface area contributed by atoms with Crippen molar-refractivity contribution < 1.29 is 14.7 Å². The topological polar surface area (TPSA) is 60.9 Å². The van der Waals surface area contributed by atoms with Crippen LogP contribution in [0, 0.1) is 5.92 Å². The molecule has 3 atom stereocenters. The summed E-state index contributed by atoms with van der Waals surface area (Å²) in [6.45, 7) is 5.30. The number of nitrogens with zero attached hydrogens (tertiary/aromatic N) is 2. The highest BCUT2D eigenvalue weighted by molar-refractivity contribution is 5.78. The highest BCUT2D eigenvalue weighted by Gasteiger charge is 2.40. The lowest BCUT2D eigenvalue weighted by Crippen LogP contribution is -2.51. The van der Waals surface area contributed by atoms with Gasteiger partial charge in [-0.2, -0.15) is 0 Å². The number of urea groups is 1. The molecular formula is C13H22N2O3. The molecule has 2 aliphatic rings. The number of aliphatic carboxylic acids is 1. The van der Waals surface area contributed by atoms with E-state index in [1.165, 1.54) is 6.42 Å². The van der Waals surface area contributed by atoms with Gasteiger partial charge in [0.25, 0.3) is 0 Å². The third-order valence-electron chi connectivity index (χ3n) is 4.37. The summed E-state index contributed by atoms with van der Waals surface area (Å²) in [5, 5.41) is 9.09. The molecule has 0 saturated carbocycles. The Morgan fingerprint density at radius 2 is 1.78 bits per heavy atom. The first-order chi connectivity index (χ1) is 8.52. The van der Waals surface area contributed by atoms with Crippen molar-refractivity contribution in [2.24, 2.45) is 5.92 Å². The second kappa shape index (κ2) is 5.16. The lowest BCUT2D eigenvalue weighted by atomic mass is 10.0. The van der Waals surface area contributed by atoms with Gasteiger partial charge in [0.2, 0.25) is 0 Å². The molecule has 2 fully saturated rings. The van der Waals surface area contributed by atoms with Gasteiger partial charge in [-0.3, -0.25) is 4.79 Å². The van der Waals surface area contributed by atoms with E-state index >= 15 is 0 Å². The van der Waals surface area contributed by atoms with Crippen LogP contribution in [0.2, 0.25) is 0 Å². The largest absolute Gasteiger partial charge is 0.481 e. The van der Waals surface area contributed by atoms with Crippen molar-refractivity contribution in [3.8, 4) is 0 Å². The zero-order chi connectivity index (χ0) is 13.3. The van der Waals surface area contributed by atoms with Gasteiger partial charge in [-0.15, -0.1) is 0 Å². The number of hydrogen-bond donors (Lipinski definition) is 1. The monoisotopic (exact) mass is 254 g/mol. The molecule has 0 aromatic carbocycles. The van der Waals surface area contributed by atoms with Crippen LogP contribution in [-0.2, 0) is 4.79 Å². The van der Waals surface area contributed by atoms with Crippen LogP contribution in [0.4, 0.5) is 4.79 Å². The minimum atomic E-state index is -0.788. The first kappa shape index (κ1) is 13.2. The van der Waals surface area contributed by atoms with E-state index in [-0.39, 0.29) is 18.1 Å². The Morgan fingerprint density at radius 1 is 1.06 bits per heavy atom. The summed E-state index contributed by atoms with van der Waals surface area (Å²) in [5.74, 6) is -1.20. The van der Waals surface area contributed by atoms with Crippen LogP contribution in [0.15, 0.2) is 0 Å². The van der Waals surface area contributed by atoms with Gasteiger partial charge in [0.05, 0.1) is 5.92 Å². The van der Waals surface area contributed by atoms with Crippen LogP contribution in [-0.4, -0.2) is 52.1 Å². The third-order valence-corrected chi connectivity index (χ3v) is 4.37. The normalized spacial score (nSPS) is 32.7. The summed E-state index contributed by atoms with van der Waals surface area (Å²) in [4.78, 5) is 27.2. The lowest BCUT2D eigenvalue weighted by Gasteiger charge is -2.37. The fourth-order valence-corrected chi connectivity index (χ4v) is 3.09. The molecule has 2 aliphatic heterocycles. The van der Waals surface area contributed by atoms with E-state index in [4.69, 9.17) is 5.11 Å². The van der Waals surface area contributed by atoms with Gasteiger partial charge in [0.1, 0.15) is 0 Å². The van der Waals surface area contributed by atoms with Gasteiger partial charge in [-0.1, -0.05) is 0 Å². The molecule has 3 unspecified atom stereocenters. The Morgan fingerprint density at radius 3 is 2.33 bits per heavy atom. The summed E-state index contributed by atoms with van der Waals surface area (Å²) >= 11 is 0. The maximum atomic E-state index is 12.4. The fraction of sp³-hybridized carbons (Fsp3) is 0.846. The number of amides is 2. The Labute approximate surface area is 108 Å². The standard InChI is InChI=1S/C13H22N2O3/c1-9-5-3-4-7-14(9)13(18)15-8-6-11(10(15)2)12(16)17/h9-11H,3-8H2,1-2H3,(H,16,17). The molecule has 5 nitrogen and oxygen atoms in total.